The zero-order valence-corrected chi connectivity index (χ0v) is 17.2. The lowest BCUT2D eigenvalue weighted by molar-refractivity contribution is -0.176. The van der Waals surface area contributed by atoms with Crippen LogP contribution >= 0.6 is 0 Å². The summed E-state index contributed by atoms with van der Waals surface area (Å²) in [5.74, 6) is -1.23. The van der Waals surface area contributed by atoms with Crippen LogP contribution < -0.4 is 0 Å². The fourth-order valence-corrected chi connectivity index (χ4v) is 4.46. The molecule has 0 aliphatic heterocycles. The number of benzene rings is 1. The summed E-state index contributed by atoms with van der Waals surface area (Å²) in [6.45, 7) is 5.54. The molecule has 0 amide bonds. The molecule has 2 aromatic rings. The molecule has 0 radical (unpaired) electrons. The van der Waals surface area contributed by atoms with E-state index in [0.29, 0.717) is 12.8 Å². The Hall–Kier alpha value is -2.50. The monoisotopic (exact) mass is 401 g/mol. The van der Waals surface area contributed by atoms with Crippen LogP contribution in [0.25, 0.3) is 10.9 Å². The number of hydrogen-bond acceptors (Lipinski definition) is 5. The van der Waals surface area contributed by atoms with E-state index in [2.05, 4.69) is 4.98 Å². The molecule has 156 valence electrons. The van der Waals surface area contributed by atoms with E-state index in [4.69, 9.17) is 9.47 Å². The van der Waals surface area contributed by atoms with Gasteiger partial charge in [-0.05, 0) is 88.1 Å². The van der Waals surface area contributed by atoms with Gasteiger partial charge in [0.1, 0.15) is 5.82 Å². The summed E-state index contributed by atoms with van der Waals surface area (Å²) in [6, 6.07) is 6.59. The third-order valence-electron chi connectivity index (χ3n) is 6.12. The number of esters is 2. The van der Waals surface area contributed by atoms with Crippen LogP contribution in [0.4, 0.5) is 4.39 Å². The molecule has 0 atom stereocenters. The van der Waals surface area contributed by atoms with Gasteiger partial charge in [-0.25, -0.2) is 4.39 Å². The second kappa shape index (κ2) is 8.89. The molecule has 1 aliphatic carbocycles. The third kappa shape index (κ3) is 4.11. The summed E-state index contributed by atoms with van der Waals surface area (Å²) in [6.07, 6.45) is 4.74. The second-order valence-corrected chi connectivity index (χ2v) is 7.75. The van der Waals surface area contributed by atoms with Gasteiger partial charge < -0.3 is 9.47 Å². The average Bonchev–Trinajstić information content (AvgIpc) is 2.73. The molecular formula is C23H28FNO4. The normalized spacial score (nSPS) is 19.7. The van der Waals surface area contributed by atoms with Crippen LogP contribution in [-0.4, -0.2) is 30.1 Å². The Balaban J connectivity index is 1.82. The lowest BCUT2D eigenvalue weighted by atomic mass is 9.66. The summed E-state index contributed by atoms with van der Waals surface area (Å²) >= 11 is 0. The van der Waals surface area contributed by atoms with Crippen molar-refractivity contribution in [2.75, 3.05) is 13.2 Å². The predicted octanol–water partition coefficient (Wildman–Crippen LogP) is 4.78. The Labute approximate surface area is 170 Å². The van der Waals surface area contributed by atoms with E-state index >= 15 is 0 Å². The minimum absolute atomic E-state index is 0.151. The summed E-state index contributed by atoms with van der Waals surface area (Å²) in [4.78, 5) is 29.7. The third-order valence-corrected chi connectivity index (χ3v) is 6.12. The summed E-state index contributed by atoms with van der Waals surface area (Å²) in [7, 11) is 0. The topological polar surface area (TPSA) is 65.5 Å². The molecule has 0 spiro atoms. The number of carbonyl (C=O) groups is 2. The largest absolute Gasteiger partial charge is 0.465 e. The van der Waals surface area contributed by atoms with Gasteiger partial charge in [-0.2, -0.15) is 0 Å². The minimum atomic E-state index is -1.30. The molecule has 1 aliphatic rings. The quantitative estimate of drug-likeness (QED) is 0.515. The smallest absolute Gasteiger partial charge is 0.323 e. The number of aromatic nitrogens is 1. The van der Waals surface area contributed by atoms with Crippen molar-refractivity contribution in [3.05, 3.63) is 41.8 Å². The van der Waals surface area contributed by atoms with Crippen LogP contribution in [0, 0.1) is 17.2 Å². The number of halogens is 1. The predicted molar refractivity (Wildman–Crippen MR) is 108 cm³/mol. The zero-order chi connectivity index (χ0) is 21.0. The maximum absolute atomic E-state index is 13.8. The SMILES string of the molecule is CCOC(=O)C(C)(C(=O)OCC)[C@H]1CC[C@@H](c2ccnc3ccc(F)cc32)CC1. The summed E-state index contributed by atoms with van der Waals surface area (Å²) < 4.78 is 24.2. The molecule has 0 bridgehead atoms. The van der Waals surface area contributed by atoms with E-state index in [9.17, 15) is 14.0 Å². The first-order valence-corrected chi connectivity index (χ1v) is 10.3. The zero-order valence-electron chi connectivity index (χ0n) is 17.2. The number of fused-ring (bicyclic) bond motifs is 1. The first-order valence-electron chi connectivity index (χ1n) is 10.3. The number of carbonyl (C=O) groups excluding carboxylic acids is 2. The molecule has 5 nitrogen and oxygen atoms in total. The highest BCUT2D eigenvalue weighted by molar-refractivity contribution is 6.00. The van der Waals surface area contributed by atoms with Crippen LogP contribution in [-0.2, 0) is 19.1 Å². The first kappa shape index (κ1) is 21.2. The maximum Gasteiger partial charge on any atom is 0.323 e. The fourth-order valence-electron chi connectivity index (χ4n) is 4.46. The molecule has 0 N–H and O–H groups in total. The Morgan fingerprint density at radius 2 is 1.69 bits per heavy atom. The van der Waals surface area contributed by atoms with Crippen LogP contribution in [0.15, 0.2) is 30.5 Å². The number of nitrogens with zero attached hydrogens (tertiary/aromatic N) is 1. The molecule has 1 saturated carbocycles. The number of ether oxygens (including phenoxy) is 2. The summed E-state index contributed by atoms with van der Waals surface area (Å²) in [5.41, 5.74) is 0.541. The Morgan fingerprint density at radius 3 is 2.28 bits per heavy atom. The van der Waals surface area contributed by atoms with Gasteiger partial charge in [0, 0.05) is 11.6 Å². The molecular weight excluding hydrogens is 373 g/mol. The maximum atomic E-state index is 13.8. The molecule has 0 unspecified atom stereocenters. The van der Waals surface area contributed by atoms with Gasteiger partial charge in [-0.3, -0.25) is 14.6 Å². The van der Waals surface area contributed by atoms with Crippen molar-refractivity contribution in [1.29, 1.82) is 0 Å². The number of pyridine rings is 1. The molecule has 1 aromatic carbocycles. The summed E-state index contributed by atoms with van der Waals surface area (Å²) in [5, 5.41) is 0.828. The van der Waals surface area contributed by atoms with E-state index in [-0.39, 0.29) is 30.9 Å². The van der Waals surface area contributed by atoms with Crippen LogP contribution in [0.3, 0.4) is 0 Å². The molecule has 0 saturated heterocycles. The molecule has 1 aromatic heterocycles. The lowest BCUT2D eigenvalue weighted by Gasteiger charge is -2.38. The Bertz CT molecular complexity index is 872. The van der Waals surface area contributed by atoms with Crippen LogP contribution in [0.2, 0.25) is 0 Å². The molecule has 29 heavy (non-hydrogen) atoms. The highest BCUT2D eigenvalue weighted by atomic mass is 19.1. The van der Waals surface area contributed by atoms with Crippen molar-refractivity contribution in [2.24, 2.45) is 11.3 Å². The Morgan fingerprint density at radius 1 is 1.07 bits per heavy atom. The first-order chi connectivity index (χ1) is 13.9. The van der Waals surface area contributed by atoms with E-state index < -0.39 is 17.4 Å². The van der Waals surface area contributed by atoms with E-state index in [0.717, 1.165) is 29.3 Å². The van der Waals surface area contributed by atoms with E-state index in [1.807, 2.05) is 6.07 Å². The fraction of sp³-hybridized carbons (Fsp3) is 0.522. The van der Waals surface area contributed by atoms with Crippen LogP contribution in [0.1, 0.15) is 57.9 Å². The lowest BCUT2D eigenvalue weighted by Crippen LogP contribution is -2.46. The van der Waals surface area contributed by atoms with E-state index in [1.54, 1.807) is 33.0 Å². The van der Waals surface area contributed by atoms with Gasteiger partial charge in [-0.1, -0.05) is 0 Å². The van der Waals surface area contributed by atoms with Gasteiger partial charge in [0.25, 0.3) is 0 Å². The average molecular weight is 401 g/mol. The van der Waals surface area contributed by atoms with Gasteiger partial charge in [-0.15, -0.1) is 0 Å². The van der Waals surface area contributed by atoms with Gasteiger partial charge in [0.15, 0.2) is 5.41 Å². The standard InChI is InChI=1S/C23H28FNO4/c1-4-28-21(26)23(3,22(27)29-5-2)16-8-6-15(7-9-16)18-12-13-25-20-11-10-17(24)14-19(18)20/h10-16H,4-9H2,1-3H3/t15-,16+. The van der Waals surface area contributed by atoms with Crippen LogP contribution in [0.5, 0.6) is 0 Å². The highest BCUT2D eigenvalue weighted by Gasteiger charge is 2.51. The van der Waals surface area contributed by atoms with Crippen molar-refractivity contribution in [3.8, 4) is 0 Å². The molecule has 6 heteroatoms. The van der Waals surface area contributed by atoms with Crippen molar-refractivity contribution < 1.29 is 23.5 Å². The second-order valence-electron chi connectivity index (χ2n) is 7.75. The van der Waals surface area contributed by atoms with Crippen molar-refractivity contribution in [3.63, 3.8) is 0 Å². The van der Waals surface area contributed by atoms with Gasteiger partial charge in [0.05, 0.1) is 18.7 Å². The van der Waals surface area contributed by atoms with Crippen molar-refractivity contribution in [2.45, 2.75) is 52.4 Å². The van der Waals surface area contributed by atoms with Crippen molar-refractivity contribution in [1.82, 2.24) is 4.98 Å². The number of rotatable bonds is 6. The minimum Gasteiger partial charge on any atom is -0.465 e. The molecule has 1 fully saturated rings. The van der Waals surface area contributed by atoms with E-state index in [1.165, 1.54) is 12.1 Å². The molecule has 3 rings (SSSR count). The molecule has 1 heterocycles. The van der Waals surface area contributed by atoms with Crippen molar-refractivity contribution >= 4 is 22.8 Å². The Kier molecular flexibility index (Phi) is 6.50. The van der Waals surface area contributed by atoms with Gasteiger partial charge in [0.2, 0.25) is 0 Å². The highest BCUT2D eigenvalue weighted by Crippen LogP contribution is 2.46. The number of hydrogen-bond donors (Lipinski definition) is 0. The van der Waals surface area contributed by atoms with Gasteiger partial charge >= 0.3 is 11.9 Å².